The van der Waals surface area contributed by atoms with E-state index in [9.17, 15) is 9.59 Å². The third-order valence-corrected chi connectivity index (χ3v) is 2.63. The van der Waals surface area contributed by atoms with Gasteiger partial charge in [0.25, 0.3) is 0 Å². The molecule has 1 N–H and O–H groups in total. The molecule has 1 aromatic heterocycles. The Bertz CT molecular complexity index is 600. The van der Waals surface area contributed by atoms with Gasteiger partial charge in [0, 0.05) is 11.5 Å². The molecule has 0 aliphatic heterocycles. The fourth-order valence-electron chi connectivity index (χ4n) is 1.84. The molecule has 0 fully saturated rings. The van der Waals surface area contributed by atoms with Crippen LogP contribution in [0, 0.1) is 0 Å². The van der Waals surface area contributed by atoms with E-state index in [0.29, 0.717) is 22.9 Å². The van der Waals surface area contributed by atoms with Crippen LogP contribution in [-0.2, 0) is 4.74 Å². The fraction of sp³-hybridized carbons (Fsp3) is 0.231. The van der Waals surface area contributed by atoms with Gasteiger partial charge in [-0.15, -0.1) is 0 Å². The van der Waals surface area contributed by atoms with Crippen molar-refractivity contribution in [3.05, 3.63) is 29.5 Å². The lowest BCUT2D eigenvalue weighted by atomic mass is 10.1. The predicted octanol–water partition coefficient (Wildman–Crippen LogP) is 2.17. The number of methoxy groups -OCH3 is 1. The molecule has 0 aliphatic carbocycles. The molecule has 0 spiro atoms. The highest BCUT2D eigenvalue weighted by molar-refractivity contribution is 6.10. The zero-order valence-corrected chi connectivity index (χ0v) is 10.1. The Morgan fingerprint density at radius 3 is 2.83 bits per heavy atom. The molecule has 0 saturated heterocycles. The molecule has 0 amide bonds. The van der Waals surface area contributed by atoms with Gasteiger partial charge in [0.05, 0.1) is 30.5 Å². The number of hydrogen-bond donors (Lipinski definition) is 1. The minimum atomic E-state index is -0.504. The maximum atomic E-state index is 11.8. The van der Waals surface area contributed by atoms with Gasteiger partial charge in [-0.2, -0.15) is 0 Å². The molecule has 2 rings (SSSR count). The number of benzene rings is 1. The van der Waals surface area contributed by atoms with E-state index in [0.717, 1.165) is 0 Å². The van der Waals surface area contributed by atoms with Crippen molar-refractivity contribution in [1.82, 2.24) is 4.98 Å². The number of carbonyl (C=O) groups excluding carboxylic acids is 2. The lowest BCUT2D eigenvalue weighted by Crippen LogP contribution is -2.06. The van der Waals surface area contributed by atoms with Gasteiger partial charge in [-0.1, -0.05) is 0 Å². The van der Waals surface area contributed by atoms with Crippen molar-refractivity contribution in [1.29, 1.82) is 0 Å². The Hall–Kier alpha value is -2.30. The van der Waals surface area contributed by atoms with Crippen molar-refractivity contribution in [3.8, 4) is 5.75 Å². The van der Waals surface area contributed by atoms with Crippen LogP contribution in [0.25, 0.3) is 10.9 Å². The summed E-state index contributed by atoms with van der Waals surface area (Å²) in [7, 11) is 1.55. The van der Waals surface area contributed by atoms with Crippen molar-refractivity contribution < 1.29 is 19.1 Å². The smallest absolute Gasteiger partial charge is 0.341 e. The van der Waals surface area contributed by atoms with Crippen LogP contribution in [0.1, 0.15) is 27.8 Å². The van der Waals surface area contributed by atoms with Gasteiger partial charge >= 0.3 is 5.97 Å². The number of fused-ring (bicyclic) bond motifs is 1. The second-order valence-electron chi connectivity index (χ2n) is 3.66. The average Bonchev–Trinajstić information content (AvgIpc) is 2.76. The van der Waals surface area contributed by atoms with Gasteiger partial charge in [-0.05, 0) is 19.1 Å². The normalized spacial score (nSPS) is 10.3. The zero-order valence-electron chi connectivity index (χ0n) is 10.1. The van der Waals surface area contributed by atoms with Crippen LogP contribution in [-0.4, -0.2) is 31.0 Å². The number of aromatic amines is 1. The van der Waals surface area contributed by atoms with E-state index in [4.69, 9.17) is 9.47 Å². The van der Waals surface area contributed by atoms with Gasteiger partial charge in [0.1, 0.15) is 5.75 Å². The summed E-state index contributed by atoms with van der Waals surface area (Å²) in [6.45, 7) is 1.98. The summed E-state index contributed by atoms with van der Waals surface area (Å²) in [4.78, 5) is 25.7. The first-order chi connectivity index (χ1) is 8.71. The number of aldehydes is 1. The predicted molar refractivity (Wildman–Crippen MR) is 66.2 cm³/mol. The molecule has 94 valence electrons. The Morgan fingerprint density at radius 1 is 1.44 bits per heavy atom. The van der Waals surface area contributed by atoms with Crippen LogP contribution in [0.4, 0.5) is 0 Å². The molecular formula is C13H13NO4. The van der Waals surface area contributed by atoms with Crippen molar-refractivity contribution in [2.75, 3.05) is 13.7 Å². The Kier molecular flexibility index (Phi) is 3.32. The summed E-state index contributed by atoms with van der Waals surface area (Å²) in [6.07, 6.45) is 0.610. The average molecular weight is 247 g/mol. The minimum absolute atomic E-state index is 0.219. The minimum Gasteiger partial charge on any atom is -0.497 e. The Balaban J connectivity index is 2.62. The van der Waals surface area contributed by atoms with E-state index >= 15 is 0 Å². The Morgan fingerprint density at radius 2 is 2.22 bits per heavy atom. The van der Waals surface area contributed by atoms with E-state index < -0.39 is 5.97 Å². The molecule has 0 radical (unpaired) electrons. The molecule has 1 aromatic carbocycles. The van der Waals surface area contributed by atoms with E-state index in [-0.39, 0.29) is 17.9 Å². The molecule has 0 aliphatic rings. The van der Waals surface area contributed by atoms with Gasteiger partial charge in [0.15, 0.2) is 6.29 Å². The zero-order chi connectivity index (χ0) is 13.1. The maximum absolute atomic E-state index is 11.8. The van der Waals surface area contributed by atoms with Gasteiger partial charge in [0.2, 0.25) is 0 Å². The topological polar surface area (TPSA) is 68.4 Å². The van der Waals surface area contributed by atoms with Crippen molar-refractivity contribution in [2.24, 2.45) is 0 Å². The largest absolute Gasteiger partial charge is 0.497 e. The van der Waals surface area contributed by atoms with Crippen molar-refractivity contribution in [3.63, 3.8) is 0 Å². The van der Waals surface area contributed by atoms with Crippen LogP contribution in [0.15, 0.2) is 18.2 Å². The first-order valence-corrected chi connectivity index (χ1v) is 5.53. The summed E-state index contributed by atoms with van der Waals surface area (Å²) in [6, 6.07) is 5.18. The van der Waals surface area contributed by atoms with Gasteiger partial charge in [-0.3, -0.25) is 4.79 Å². The molecule has 0 unspecified atom stereocenters. The summed E-state index contributed by atoms with van der Waals surface area (Å²) < 4.78 is 10.0. The highest BCUT2D eigenvalue weighted by Gasteiger charge is 2.19. The first-order valence-electron chi connectivity index (χ1n) is 5.53. The summed E-state index contributed by atoms with van der Waals surface area (Å²) in [5.41, 5.74) is 1.15. The van der Waals surface area contributed by atoms with Crippen molar-refractivity contribution >= 4 is 23.2 Å². The molecule has 5 heteroatoms. The van der Waals surface area contributed by atoms with Crippen LogP contribution in [0.3, 0.4) is 0 Å². The van der Waals surface area contributed by atoms with Gasteiger partial charge in [-0.25, -0.2) is 4.79 Å². The third-order valence-electron chi connectivity index (χ3n) is 2.63. The van der Waals surface area contributed by atoms with Crippen LogP contribution >= 0.6 is 0 Å². The fourth-order valence-corrected chi connectivity index (χ4v) is 1.84. The highest BCUT2D eigenvalue weighted by atomic mass is 16.5. The van der Waals surface area contributed by atoms with E-state index in [1.165, 1.54) is 0 Å². The van der Waals surface area contributed by atoms with Crippen LogP contribution in [0.5, 0.6) is 5.75 Å². The molecule has 1 heterocycles. The second-order valence-corrected chi connectivity index (χ2v) is 3.66. The van der Waals surface area contributed by atoms with Gasteiger partial charge < -0.3 is 14.5 Å². The lowest BCUT2D eigenvalue weighted by Gasteiger charge is -2.01. The number of nitrogens with one attached hydrogen (secondary N) is 1. The number of ether oxygens (including phenoxy) is 2. The molecule has 5 nitrogen and oxygen atoms in total. The maximum Gasteiger partial charge on any atom is 0.341 e. The third kappa shape index (κ3) is 1.95. The molecule has 0 bridgehead atoms. The molecule has 18 heavy (non-hydrogen) atoms. The summed E-state index contributed by atoms with van der Waals surface area (Å²) in [5.74, 6) is 0.146. The summed E-state index contributed by atoms with van der Waals surface area (Å²) >= 11 is 0. The first kappa shape index (κ1) is 12.2. The van der Waals surface area contributed by atoms with Crippen LogP contribution in [0.2, 0.25) is 0 Å². The summed E-state index contributed by atoms with van der Waals surface area (Å²) in [5, 5.41) is 0.649. The molecule has 0 atom stereocenters. The standard InChI is InChI=1S/C13H13NO4/c1-3-18-13(16)12-9-5-4-8(17-2)6-10(9)14-11(12)7-15/h4-7,14H,3H2,1-2H3. The SMILES string of the molecule is CCOC(=O)c1c(C=O)[nH]c2cc(OC)ccc12. The highest BCUT2D eigenvalue weighted by Crippen LogP contribution is 2.26. The number of aromatic nitrogens is 1. The van der Waals surface area contributed by atoms with E-state index in [1.54, 1.807) is 32.2 Å². The monoisotopic (exact) mass is 247 g/mol. The van der Waals surface area contributed by atoms with E-state index in [2.05, 4.69) is 4.98 Å². The Labute approximate surface area is 104 Å². The second kappa shape index (κ2) is 4.91. The number of hydrogen-bond acceptors (Lipinski definition) is 4. The number of esters is 1. The molecular weight excluding hydrogens is 234 g/mol. The number of rotatable bonds is 4. The van der Waals surface area contributed by atoms with E-state index in [1.807, 2.05) is 0 Å². The molecule has 0 saturated carbocycles. The quantitative estimate of drug-likeness (QED) is 0.664. The number of carbonyl (C=O) groups is 2. The van der Waals surface area contributed by atoms with Crippen LogP contribution < -0.4 is 4.74 Å². The lowest BCUT2D eigenvalue weighted by molar-refractivity contribution is 0.0526. The van der Waals surface area contributed by atoms with Crippen molar-refractivity contribution in [2.45, 2.75) is 6.92 Å². The number of H-pyrrole nitrogens is 1. The molecule has 2 aromatic rings.